The summed E-state index contributed by atoms with van der Waals surface area (Å²) in [4.78, 5) is 19.3. The molecule has 0 atom stereocenters. The molecular weight excluding hydrogens is 386 g/mol. The van der Waals surface area contributed by atoms with Crippen LogP contribution in [0.3, 0.4) is 0 Å². The third-order valence-corrected chi connectivity index (χ3v) is 7.25. The predicted molar refractivity (Wildman–Crippen MR) is 129 cm³/mol. The molecule has 7 nitrogen and oxygen atoms in total. The normalized spacial score (nSPS) is 23.1. The number of hydrogen-bond acceptors (Lipinski definition) is 7. The van der Waals surface area contributed by atoms with E-state index in [4.69, 9.17) is 20.1 Å². The molecule has 0 bridgehead atoms. The minimum absolute atomic E-state index is 0.387. The SMILES string of the molecule is CN(N=C1CCC(C(C)(C)C)CC1)c1nc(N2CCCCC2)nc(N2CCCCC2)n1. The average Bonchev–Trinajstić information content (AvgIpc) is 2.80. The zero-order chi connectivity index (χ0) is 21.8. The van der Waals surface area contributed by atoms with E-state index in [0.717, 1.165) is 56.8 Å². The van der Waals surface area contributed by atoms with E-state index >= 15 is 0 Å². The Morgan fingerprint density at radius 2 is 1.26 bits per heavy atom. The lowest BCUT2D eigenvalue weighted by atomic mass is 9.72. The molecular formula is C24H41N7. The van der Waals surface area contributed by atoms with Crippen LogP contribution in [0.25, 0.3) is 0 Å². The lowest BCUT2D eigenvalue weighted by molar-refractivity contribution is 0.208. The summed E-state index contributed by atoms with van der Waals surface area (Å²) >= 11 is 0. The number of hydrazone groups is 1. The Bertz CT molecular complexity index is 711. The van der Waals surface area contributed by atoms with Gasteiger partial charge in [-0.15, -0.1) is 0 Å². The molecule has 7 heteroatoms. The maximum atomic E-state index is 4.96. The first-order chi connectivity index (χ1) is 14.9. The Kier molecular flexibility index (Phi) is 6.97. The summed E-state index contributed by atoms with van der Waals surface area (Å²) in [7, 11) is 2.00. The van der Waals surface area contributed by atoms with Crippen LogP contribution in [0.5, 0.6) is 0 Å². The van der Waals surface area contributed by atoms with Gasteiger partial charge in [0.05, 0.1) is 0 Å². The lowest BCUT2D eigenvalue weighted by Crippen LogP contribution is -2.35. The third kappa shape index (κ3) is 5.66. The molecule has 0 aromatic carbocycles. The van der Waals surface area contributed by atoms with E-state index in [9.17, 15) is 0 Å². The predicted octanol–water partition coefficient (Wildman–Crippen LogP) is 4.88. The zero-order valence-corrected chi connectivity index (χ0v) is 20.1. The van der Waals surface area contributed by atoms with Crippen molar-refractivity contribution >= 4 is 23.6 Å². The summed E-state index contributed by atoms with van der Waals surface area (Å²) in [6, 6.07) is 0. The van der Waals surface area contributed by atoms with E-state index in [2.05, 4.69) is 30.6 Å². The summed E-state index contributed by atoms with van der Waals surface area (Å²) in [6.45, 7) is 11.2. The fourth-order valence-electron chi connectivity index (χ4n) is 5.13. The smallest absolute Gasteiger partial charge is 0.252 e. The van der Waals surface area contributed by atoms with Gasteiger partial charge in [0.25, 0.3) is 5.95 Å². The Morgan fingerprint density at radius 3 is 1.71 bits per heavy atom. The van der Waals surface area contributed by atoms with Gasteiger partial charge in [0.15, 0.2) is 0 Å². The fourth-order valence-corrected chi connectivity index (χ4v) is 5.13. The van der Waals surface area contributed by atoms with Crippen LogP contribution < -0.4 is 14.8 Å². The van der Waals surface area contributed by atoms with Crippen LogP contribution in [0.1, 0.15) is 85.0 Å². The van der Waals surface area contributed by atoms with Gasteiger partial charge in [0.1, 0.15) is 0 Å². The van der Waals surface area contributed by atoms with Gasteiger partial charge >= 0.3 is 0 Å². The molecule has 3 fully saturated rings. The van der Waals surface area contributed by atoms with Crippen molar-refractivity contribution < 1.29 is 0 Å². The minimum atomic E-state index is 0.387. The van der Waals surface area contributed by atoms with Crippen molar-refractivity contribution in [1.82, 2.24) is 15.0 Å². The molecule has 0 radical (unpaired) electrons. The second kappa shape index (κ2) is 9.70. The number of piperidine rings is 2. The second-order valence-electron chi connectivity index (χ2n) is 10.7. The van der Waals surface area contributed by atoms with E-state index < -0.39 is 0 Å². The van der Waals surface area contributed by atoms with Gasteiger partial charge in [-0.2, -0.15) is 20.1 Å². The van der Waals surface area contributed by atoms with E-state index in [1.54, 1.807) is 0 Å². The van der Waals surface area contributed by atoms with Crippen molar-refractivity contribution in [2.75, 3.05) is 48.0 Å². The summed E-state index contributed by atoms with van der Waals surface area (Å²) in [5.41, 5.74) is 1.67. The van der Waals surface area contributed by atoms with E-state index in [1.165, 1.54) is 57.1 Å². The van der Waals surface area contributed by atoms with Crippen molar-refractivity contribution in [1.29, 1.82) is 0 Å². The minimum Gasteiger partial charge on any atom is -0.341 e. The Morgan fingerprint density at radius 1 is 0.774 bits per heavy atom. The zero-order valence-electron chi connectivity index (χ0n) is 20.1. The highest BCUT2D eigenvalue weighted by Crippen LogP contribution is 2.37. The molecule has 3 aliphatic rings. The Hall–Kier alpha value is -1.92. The van der Waals surface area contributed by atoms with E-state index in [1.807, 2.05) is 12.1 Å². The van der Waals surface area contributed by atoms with E-state index in [-0.39, 0.29) is 0 Å². The first-order valence-electron chi connectivity index (χ1n) is 12.5. The summed E-state index contributed by atoms with van der Waals surface area (Å²) in [5, 5.41) is 6.85. The van der Waals surface area contributed by atoms with Gasteiger partial charge in [0, 0.05) is 38.9 Å². The Labute approximate surface area is 188 Å². The van der Waals surface area contributed by atoms with Gasteiger partial charge < -0.3 is 9.80 Å². The van der Waals surface area contributed by atoms with Gasteiger partial charge in [-0.25, -0.2) is 5.01 Å². The highest BCUT2D eigenvalue weighted by molar-refractivity contribution is 5.85. The standard InChI is InChI=1S/C24H41N7/c1-24(2,3)19-11-13-20(14-12-19)28-29(4)21-25-22(30-15-7-5-8-16-30)27-23(26-21)31-17-9-6-10-18-31/h19H,5-18H2,1-4H3. The monoisotopic (exact) mass is 427 g/mol. The maximum absolute atomic E-state index is 4.96. The van der Waals surface area contributed by atoms with Crippen LogP contribution in [0, 0.1) is 11.3 Å². The molecule has 3 heterocycles. The molecule has 1 aromatic rings. The molecule has 172 valence electrons. The largest absolute Gasteiger partial charge is 0.341 e. The first kappa shape index (κ1) is 22.3. The van der Waals surface area contributed by atoms with Crippen LogP contribution in [-0.4, -0.2) is 53.9 Å². The first-order valence-corrected chi connectivity index (χ1v) is 12.5. The van der Waals surface area contributed by atoms with Crippen LogP contribution >= 0.6 is 0 Å². The van der Waals surface area contributed by atoms with Gasteiger partial charge in [-0.05, 0) is 75.5 Å². The highest BCUT2D eigenvalue weighted by atomic mass is 15.5. The molecule has 1 aliphatic carbocycles. The molecule has 0 spiro atoms. The van der Waals surface area contributed by atoms with Crippen LogP contribution in [0.4, 0.5) is 17.8 Å². The van der Waals surface area contributed by atoms with Gasteiger partial charge in [-0.3, -0.25) is 0 Å². The fraction of sp³-hybridized carbons (Fsp3) is 0.833. The summed E-state index contributed by atoms with van der Waals surface area (Å²) in [5.74, 6) is 3.12. The van der Waals surface area contributed by atoms with Gasteiger partial charge in [0.2, 0.25) is 11.9 Å². The number of rotatable bonds is 4. The van der Waals surface area contributed by atoms with Crippen molar-refractivity contribution in [3.05, 3.63) is 0 Å². The molecule has 2 aliphatic heterocycles. The number of nitrogens with zero attached hydrogens (tertiary/aromatic N) is 7. The van der Waals surface area contributed by atoms with Crippen molar-refractivity contribution in [2.45, 2.75) is 85.0 Å². The average molecular weight is 428 g/mol. The molecule has 0 amide bonds. The molecule has 31 heavy (non-hydrogen) atoms. The van der Waals surface area contributed by atoms with Gasteiger partial charge in [-0.1, -0.05) is 20.8 Å². The number of hydrogen-bond donors (Lipinski definition) is 0. The second-order valence-corrected chi connectivity index (χ2v) is 10.7. The Balaban J connectivity index is 1.54. The molecule has 0 N–H and O–H groups in total. The van der Waals surface area contributed by atoms with Crippen molar-refractivity contribution in [2.24, 2.45) is 16.4 Å². The third-order valence-electron chi connectivity index (χ3n) is 7.25. The molecule has 2 saturated heterocycles. The quantitative estimate of drug-likeness (QED) is 0.638. The topological polar surface area (TPSA) is 60.8 Å². The van der Waals surface area contributed by atoms with Crippen molar-refractivity contribution in [3.63, 3.8) is 0 Å². The number of anilines is 3. The molecule has 1 saturated carbocycles. The summed E-state index contributed by atoms with van der Waals surface area (Å²) in [6.07, 6.45) is 12.1. The van der Waals surface area contributed by atoms with Crippen LogP contribution in [0.15, 0.2) is 5.10 Å². The molecule has 4 rings (SSSR count). The molecule has 0 unspecified atom stereocenters. The summed E-state index contributed by atoms with van der Waals surface area (Å²) < 4.78 is 0. The van der Waals surface area contributed by atoms with E-state index in [0.29, 0.717) is 11.4 Å². The van der Waals surface area contributed by atoms with Crippen LogP contribution in [0.2, 0.25) is 0 Å². The number of aromatic nitrogens is 3. The van der Waals surface area contributed by atoms with Crippen LogP contribution in [-0.2, 0) is 0 Å². The van der Waals surface area contributed by atoms with Crippen molar-refractivity contribution in [3.8, 4) is 0 Å². The maximum Gasteiger partial charge on any atom is 0.252 e. The lowest BCUT2D eigenvalue weighted by Gasteiger charge is -2.34. The highest BCUT2D eigenvalue weighted by Gasteiger charge is 2.28. The molecule has 1 aromatic heterocycles.